The number of amides is 1. The van der Waals surface area contributed by atoms with Gasteiger partial charge in [0.1, 0.15) is 5.82 Å². The molecule has 1 fully saturated rings. The maximum atomic E-state index is 13.2. The van der Waals surface area contributed by atoms with Crippen molar-refractivity contribution in [3.63, 3.8) is 0 Å². The average molecular weight is 486 g/mol. The maximum absolute atomic E-state index is 13.2. The van der Waals surface area contributed by atoms with Crippen LogP contribution in [0.25, 0.3) is 5.65 Å². The van der Waals surface area contributed by atoms with Crippen molar-refractivity contribution in [2.75, 3.05) is 34.6 Å². The van der Waals surface area contributed by atoms with E-state index >= 15 is 0 Å². The highest BCUT2D eigenvalue weighted by molar-refractivity contribution is 6.04. The highest BCUT2D eigenvalue weighted by Gasteiger charge is 2.22. The number of nitrogens with zero attached hydrogens (tertiary/aromatic N) is 5. The smallest absolute Gasteiger partial charge is 0.276 e. The number of fused-ring (bicyclic) bond motifs is 1. The highest BCUT2D eigenvalue weighted by Crippen LogP contribution is 2.28. The van der Waals surface area contributed by atoms with E-state index in [1.54, 1.807) is 18.3 Å². The molecule has 3 heterocycles. The van der Waals surface area contributed by atoms with Gasteiger partial charge in [-0.2, -0.15) is 5.10 Å². The Hall–Kier alpha value is -4.18. The van der Waals surface area contributed by atoms with Gasteiger partial charge >= 0.3 is 0 Å². The van der Waals surface area contributed by atoms with Crippen molar-refractivity contribution in [2.24, 2.45) is 5.73 Å². The molecule has 1 amide bonds. The number of carbonyl (C=O) groups is 1. The number of imidazole rings is 1. The van der Waals surface area contributed by atoms with Crippen molar-refractivity contribution < 1.29 is 4.79 Å². The lowest BCUT2D eigenvalue weighted by atomic mass is 9.92. The molecule has 0 bridgehead atoms. The van der Waals surface area contributed by atoms with Crippen LogP contribution in [0.4, 0.5) is 23.0 Å². The summed E-state index contributed by atoms with van der Waals surface area (Å²) in [6, 6.07) is 17.9. The summed E-state index contributed by atoms with van der Waals surface area (Å²) in [5.74, 6) is 1.11. The van der Waals surface area contributed by atoms with Crippen LogP contribution in [0.2, 0.25) is 0 Å². The second-order valence-electron chi connectivity index (χ2n) is 9.11. The Labute approximate surface area is 209 Å². The number of hydrogen-bond acceptors (Lipinski definition) is 8. The molecule has 1 aliphatic rings. The summed E-state index contributed by atoms with van der Waals surface area (Å²) >= 11 is 0. The minimum atomic E-state index is -0.302. The van der Waals surface area contributed by atoms with Crippen molar-refractivity contribution >= 4 is 34.6 Å². The van der Waals surface area contributed by atoms with E-state index in [9.17, 15) is 4.79 Å². The number of nitrogens with one attached hydrogen (secondary N) is 3. The minimum absolute atomic E-state index is 0.244. The molecular weight excluding hydrogens is 454 g/mol. The van der Waals surface area contributed by atoms with Crippen LogP contribution >= 0.6 is 0 Å². The molecule has 36 heavy (non-hydrogen) atoms. The van der Waals surface area contributed by atoms with Crippen LogP contribution in [0.3, 0.4) is 0 Å². The van der Waals surface area contributed by atoms with Gasteiger partial charge in [0, 0.05) is 31.0 Å². The van der Waals surface area contributed by atoms with Crippen molar-refractivity contribution in [3.05, 3.63) is 72.7 Å². The number of rotatable bonds is 8. The minimum Gasteiger partial charge on any atom is -0.368 e. The molecule has 1 aliphatic carbocycles. The molecule has 0 saturated heterocycles. The Kier molecular flexibility index (Phi) is 6.94. The van der Waals surface area contributed by atoms with E-state index in [0.29, 0.717) is 29.5 Å². The first-order chi connectivity index (χ1) is 17.6. The third kappa shape index (κ3) is 5.38. The zero-order valence-electron chi connectivity index (χ0n) is 20.3. The van der Waals surface area contributed by atoms with Crippen molar-refractivity contribution in [1.29, 1.82) is 0 Å². The van der Waals surface area contributed by atoms with E-state index in [-0.39, 0.29) is 18.0 Å². The van der Waals surface area contributed by atoms with Gasteiger partial charge in [-0.1, -0.05) is 18.2 Å². The largest absolute Gasteiger partial charge is 0.368 e. The number of hydrogen-bond donors (Lipinski definition) is 4. The summed E-state index contributed by atoms with van der Waals surface area (Å²) < 4.78 is 1.52. The highest BCUT2D eigenvalue weighted by atomic mass is 16.2. The normalized spacial score (nSPS) is 17.5. The standard InChI is InChI=1S/C26H31N9O/c1-34(17-29-19-6-3-2-4-7-19)24-14-13-21(25(33-24)31-20-11-9-18(27)10-12-20)32-26(36)22-16-28-23-8-5-15-30-35(22)23/h2-8,13-16,18,20,29H,9-12,17,27H2,1H3,(H,31,33)(H,32,36). The molecule has 5 rings (SSSR count). The lowest BCUT2D eigenvalue weighted by molar-refractivity contribution is 0.102. The van der Waals surface area contributed by atoms with E-state index in [2.05, 4.69) is 26.0 Å². The summed E-state index contributed by atoms with van der Waals surface area (Å²) in [6.45, 7) is 0.577. The summed E-state index contributed by atoms with van der Waals surface area (Å²) in [5, 5.41) is 14.2. The SMILES string of the molecule is CN(CNc1ccccc1)c1ccc(NC(=O)c2cnc3cccnn23)c(NC2CCC(N)CC2)n1. The molecule has 186 valence electrons. The van der Waals surface area contributed by atoms with Crippen molar-refractivity contribution in [3.8, 4) is 0 Å². The number of pyridine rings is 1. The Morgan fingerprint density at radius 3 is 2.69 bits per heavy atom. The van der Waals surface area contributed by atoms with E-state index in [1.165, 1.54) is 10.7 Å². The van der Waals surface area contributed by atoms with Gasteiger partial charge in [-0.15, -0.1) is 0 Å². The molecule has 1 aromatic carbocycles. The molecule has 10 nitrogen and oxygen atoms in total. The van der Waals surface area contributed by atoms with Gasteiger partial charge in [0.25, 0.3) is 5.91 Å². The van der Waals surface area contributed by atoms with E-state index in [1.807, 2.05) is 54.4 Å². The number of para-hydroxylation sites is 1. The lowest BCUT2D eigenvalue weighted by Gasteiger charge is -2.28. The maximum Gasteiger partial charge on any atom is 0.276 e. The average Bonchev–Trinajstić information content (AvgIpc) is 3.34. The molecule has 0 aliphatic heterocycles. The van der Waals surface area contributed by atoms with Gasteiger partial charge in [-0.05, 0) is 62.1 Å². The van der Waals surface area contributed by atoms with E-state index in [4.69, 9.17) is 10.7 Å². The first-order valence-corrected chi connectivity index (χ1v) is 12.2. The summed E-state index contributed by atoms with van der Waals surface area (Å²) in [4.78, 5) is 24.3. The monoisotopic (exact) mass is 485 g/mol. The molecule has 1 saturated carbocycles. The van der Waals surface area contributed by atoms with Crippen LogP contribution in [0.1, 0.15) is 36.2 Å². The second-order valence-corrected chi connectivity index (χ2v) is 9.11. The summed E-state index contributed by atoms with van der Waals surface area (Å²) in [5.41, 5.74) is 8.71. The Morgan fingerprint density at radius 2 is 1.89 bits per heavy atom. The molecule has 4 aromatic rings. The van der Waals surface area contributed by atoms with E-state index < -0.39 is 0 Å². The van der Waals surface area contributed by atoms with E-state index in [0.717, 1.165) is 37.2 Å². The van der Waals surface area contributed by atoms with Crippen LogP contribution in [-0.4, -0.2) is 51.3 Å². The van der Waals surface area contributed by atoms with Gasteiger partial charge in [0.2, 0.25) is 0 Å². The zero-order chi connectivity index (χ0) is 24.9. The molecule has 10 heteroatoms. The van der Waals surface area contributed by atoms with Gasteiger partial charge in [-0.3, -0.25) is 4.79 Å². The molecule has 0 atom stereocenters. The first kappa shape index (κ1) is 23.6. The summed E-state index contributed by atoms with van der Waals surface area (Å²) in [6.07, 6.45) is 7.01. The molecule has 0 unspecified atom stereocenters. The predicted molar refractivity (Wildman–Crippen MR) is 142 cm³/mol. The number of carbonyl (C=O) groups excluding carboxylic acids is 1. The fourth-order valence-corrected chi connectivity index (χ4v) is 4.35. The van der Waals surface area contributed by atoms with Crippen LogP contribution < -0.4 is 26.6 Å². The summed E-state index contributed by atoms with van der Waals surface area (Å²) in [7, 11) is 1.98. The van der Waals surface area contributed by atoms with Crippen LogP contribution in [0, 0.1) is 0 Å². The number of benzene rings is 1. The van der Waals surface area contributed by atoms with Crippen molar-refractivity contribution in [1.82, 2.24) is 19.6 Å². The number of aromatic nitrogens is 4. The van der Waals surface area contributed by atoms with Crippen LogP contribution in [0.15, 0.2) is 67.0 Å². The quantitative estimate of drug-likeness (QED) is 0.279. The first-order valence-electron chi connectivity index (χ1n) is 12.2. The fourth-order valence-electron chi connectivity index (χ4n) is 4.35. The number of nitrogens with two attached hydrogens (primary N) is 1. The fraction of sp³-hybridized carbons (Fsp3) is 0.308. The Bertz CT molecular complexity index is 1320. The van der Waals surface area contributed by atoms with Gasteiger partial charge in [-0.25, -0.2) is 14.5 Å². The Balaban J connectivity index is 1.36. The second kappa shape index (κ2) is 10.6. The molecule has 0 radical (unpaired) electrons. The van der Waals surface area contributed by atoms with Crippen LogP contribution in [-0.2, 0) is 0 Å². The van der Waals surface area contributed by atoms with Gasteiger partial charge in [0.15, 0.2) is 17.2 Å². The van der Waals surface area contributed by atoms with Crippen LogP contribution in [0.5, 0.6) is 0 Å². The molecular formula is C26H31N9O. The predicted octanol–water partition coefficient (Wildman–Crippen LogP) is 3.56. The van der Waals surface area contributed by atoms with Gasteiger partial charge in [0.05, 0.1) is 18.6 Å². The third-order valence-corrected chi connectivity index (χ3v) is 6.44. The Morgan fingerprint density at radius 1 is 1.08 bits per heavy atom. The molecule has 0 spiro atoms. The molecule has 5 N–H and O–H groups in total. The van der Waals surface area contributed by atoms with Crippen molar-refractivity contribution in [2.45, 2.75) is 37.8 Å². The molecule has 3 aromatic heterocycles. The zero-order valence-corrected chi connectivity index (χ0v) is 20.3. The van der Waals surface area contributed by atoms with Gasteiger partial charge < -0.3 is 26.6 Å². The number of anilines is 4. The topological polar surface area (TPSA) is 126 Å². The lowest BCUT2D eigenvalue weighted by Crippen LogP contribution is -2.33. The third-order valence-electron chi connectivity index (χ3n) is 6.44.